The van der Waals surface area contributed by atoms with Crippen molar-refractivity contribution in [1.29, 1.82) is 0 Å². The van der Waals surface area contributed by atoms with Crippen molar-refractivity contribution in [3.8, 4) is 5.75 Å². The normalized spacial score (nSPS) is 14.6. The molecular formula is C18H20N2O4S. The van der Waals surface area contributed by atoms with Gasteiger partial charge in [0, 0.05) is 25.2 Å². The molecule has 1 amide bonds. The highest BCUT2D eigenvalue weighted by atomic mass is 32.2. The van der Waals surface area contributed by atoms with Gasteiger partial charge in [0.15, 0.2) is 0 Å². The molecule has 3 rings (SSSR count). The summed E-state index contributed by atoms with van der Waals surface area (Å²) in [6, 6.07) is 13.3. The van der Waals surface area contributed by atoms with E-state index in [0.717, 1.165) is 18.5 Å². The Morgan fingerprint density at radius 3 is 2.56 bits per heavy atom. The number of nitrogens with one attached hydrogen (secondary N) is 1. The zero-order valence-corrected chi connectivity index (χ0v) is 14.8. The van der Waals surface area contributed by atoms with E-state index in [4.69, 9.17) is 4.74 Å². The van der Waals surface area contributed by atoms with Gasteiger partial charge in [-0.3, -0.25) is 9.52 Å². The van der Waals surface area contributed by atoms with Crippen LogP contribution in [-0.2, 0) is 21.4 Å². The molecule has 0 bridgehead atoms. The summed E-state index contributed by atoms with van der Waals surface area (Å²) < 4.78 is 32.6. The fourth-order valence-electron chi connectivity index (χ4n) is 2.79. The van der Waals surface area contributed by atoms with Crippen LogP contribution in [0, 0.1) is 0 Å². The number of anilines is 1. The average molecular weight is 360 g/mol. The van der Waals surface area contributed by atoms with Gasteiger partial charge in [-0.2, -0.15) is 0 Å². The Balaban J connectivity index is 1.75. The summed E-state index contributed by atoms with van der Waals surface area (Å²) in [7, 11) is -2.15. The van der Waals surface area contributed by atoms with Gasteiger partial charge < -0.3 is 9.64 Å². The Morgan fingerprint density at radius 2 is 1.92 bits per heavy atom. The van der Waals surface area contributed by atoms with E-state index in [1.54, 1.807) is 35.2 Å². The SMILES string of the molecule is COc1ccc(S(=O)(=O)Nc2cccc(CN3CCCC3=O)c2)cc1. The minimum atomic E-state index is -3.68. The molecule has 132 valence electrons. The fourth-order valence-corrected chi connectivity index (χ4v) is 3.84. The van der Waals surface area contributed by atoms with E-state index in [2.05, 4.69) is 4.72 Å². The van der Waals surface area contributed by atoms with E-state index >= 15 is 0 Å². The number of carbonyl (C=O) groups is 1. The predicted octanol–water partition coefficient (Wildman–Crippen LogP) is 2.62. The molecule has 0 radical (unpaired) electrons. The van der Waals surface area contributed by atoms with Crippen LogP contribution < -0.4 is 9.46 Å². The Bertz CT molecular complexity index is 863. The third-order valence-electron chi connectivity index (χ3n) is 4.09. The summed E-state index contributed by atoms with van der Waals surface area (Å²) in [6.07, 6.45) is 1.46. The van der Waals surface area contributed by atoms with Crippen molar-refractivity contribution in [2.45, 2.75) is 24.3 Å². The second-order valence-electron chi connectivity index (χ2n) is 5.90. The molecule has 0 aromatic heterocycles. The molecule has 1 saturated heterocycles. The fraction of sp³-hybridized carbons (Fsp3) is 0.278. The third kappa shape index (κ3) is 4.11. The number of amides is 1. The molecule has 2 aromatic rings. The number of rotatable bonds is 6. The molecule has 1 aliphatic rings. The molecule has 0 atom stereocenters. The molecule has 0 saturated carbocycles. The minimum absolute atomic E-state index is 0.143. The van der Waals surface area contributed by atoms with E-state index in [-0.39, 0.29) is 10.8 Å². The highest BCUT2D eigenvalue weighted by molar-refractivity contribution is 7.92. The minimum Gasteiger partial charge on any atom is -0.497 e. The van der Waals surface area contributed by atoms with Crippen LogP contribution in [0.1, 0.15) is 18.4 Å². The predicted molar refractivity (Wildman–Crippen MR) is 94.9 cm³/mol. The summed E-state index contributed by atoms with van der Waals surface area (Å²) in [4.78, 5) is 13.7. The van der Waals surface area contributed by atoms with Gasteiger partial charge >= 0.3 is 0 Å². The second kappa shape index (κ2) is 7.14. The first-order chi connectivity index (χ1) is 12.0. The van der Waals surface area contributed by atoms with Crippen molar-refractivity contribution in [3.05, 3.63) is 54.1 Å². The first-order valence-electron chi connectivity index (χ1n) is 8.01. The highest BCUT2D eigenvalue weighted by Gasteiger charge is 2.20. The lowest BCUT2D eigenvalue weighted by atomic mass is 10.2. The maximum absolute atomic E-state index is 12.5. The lowest BCUT2D eigenvalue weighted by molar-refractivity contribution is -0.128. The standard InChI is InChI=1S/C18H20N2O4S/c1-24-16-7-9-17(10-8-16)25(22,23)19-15-5-2-4-14(12-15)13-20-11-3-6-18(20)21/h2,4-5,7-10,12,19H,3,6,11,13H2,1H3. The smallest absolute Gasteiger partial charge is 0.261 e. The molecule has 1 fully saturated rings. The number of nitrogens with zero attached hydrogens (tertiary/aromatic N) is 1. The van der Waals surface area contributed by atoms with Crippen LogP contribution >= 0.6 is 0 Å². The molecule has 1 N–H and O–H groups in total. The number of likely N-dealkylation sites (tertiary alicyclic amines) is 1. The van der Waals surface area contributed by atoms with Crippen molar-refractivity contribution < 1.29 is 17.9 Å². The average Bonchev–Trinajstić information content (AvgIpc) is 3.00. The molecule has 1 heterocycles. The molecule has 1 aliphatic heterocycles. The number of methoxy groups -OCH3 is 1. The number of ether oxygens (including phenoxy) is 1. The molecule has 25 heavy (non-hydrogen) atoms. The molecule has 2 aromatic carbocycles. The van der Waals surface area contributed by atoms with Crippen LogP contribution in [0.2, 0.25) is 0 Å². The Morgan fingerprint density at radius 1 is 1.16 bits per heavy atom. The van der Waals surface area contributed by atoms with Crippen LogP contribution in [0.4, 0.5) is 5.69 Å². The lowest BCUT2D eigenvalue weighted by Crippen LogP contribution is -2.23. The summed E-state index contributed by atoms with van der Waals surface area (Å²) >= 11 is 0. The quantitative estimate of drug-likeness (QED) is 0.859. The number of hydrogen-bond acceptors (Lipinski definition) is 4. The monoisotopic (exact) mass is 360 g/mol. The number of benzene rings is 2. The van der Waals surface area contributed by atoms with Gasteiger partial charge in [0.05, 0.1) is 12.0 Å². The Kier molecular flexibility index (Phi) is 4.94. The summed E-state index contributed by atoms with van der Waals surface area (Å²) in [5.41, 5.74) is 1.37. The highest BCUT2D eigenvalue weighted by Crippen LogP contribution is 2.21. The first-order valence-corrected chi connectivity index (χ1v) is 9.50. The van der Waals surface area contributed by atoms with Crippen LogP contribution in [0.25, 0.3) is 0 Å². The largest absolute Gasteiger partial charge is 0.497 e. The molecule has 0 aliphatic carbocycles. The van der Waals surface area contributed by atoms with E-state index in [9.17, 15) is 13.2 Å². The third-order valence-corrected chi connectivity index (χ3v) is 5.49. The van der Waals surface area contributed by atoms with Crippen molar-refractivity contribution in [1.82, 2.24) is 4.90 Å². The molecule has 7 heteroatoms. The lowest BCUT2D eigenvalue weighted by Gasteiger charge is -2.16. The van der Waals surface area contributed by atoms with Crippen molar-refractivity contribution in [3.63, 3.8) is 0 Å². The van der Waals surface area contributed by atoms with Crippen LogP contribution in [0.15, 0.2) is 53.4 Å². The van der Waals surface area contributed by atoms with E-state index in [1.807, 2.05) is 6.07 Å². The Labute approximate surface area is 147 Å². The zero-order chi connectivity index (χ0) is 17.9. The van der Waals surface area contributed by atoms with Gasteiger partial charge in [-0.1, -0.05) is 12.1 Å². The van der Waals surface area contributed by atoms with Crippen LogP contribution in [-0.4, -0.2) is 32.9 Å². The van der Waals surface area contributed by atoms with Gasteiger partial charge in [0.2, 0.25) is 5.91 Å². The molecule has 0 unspecified atom stereocenters. The maximum Gasteiger partial charge on any atom is 0.261 e. The number of carbonyl (C=O) groups excluding carboxylic acids is 1. The summed E-state index contributed by atoms with van der Waals surface area (Å²) in [6.45, 7) is 1.25. The van der Waals surface area contributed by atoms with E-state index < -0.39 is 10.0 Å². The maximum atomic E-state index is 12.5. The number of sulfonamides is 1. The number of hydrogen-bond donors (Lipinski definition) is 1. The van der Waals surface area contributed by atoms with Crippen molar-refractivity contribution in [2.75, 3.05) is 18.4 Å². The van der Waals surface area contributed by atoms with Gasteiger partial charge in [-0.15, -0.1) is 0 Å². The first kappa shape index (κ1) is 17.3. The van der Waals surface area contributed by atoms with Crippen LogP contribution in [0.5, 0.6) is 5.75 Å². The van der Waals surface area contributed by atoms with Gasteiger partial charge in [-0.25, -0.2) is 8.42 Å². The van der Waals surface area contributed by atoms with Crippen molar-refractivity contribution >= 4 is 21.6 Å². The van der Waals surface area contributed by atoms with Gasteiger partial charge in [0.25, 0.3) is 10.0 Å². The van der Waals surface area contributed by atoms with Crippen LogP contribution in [0.3, 0.4) is 0 Å². The summed E-state index contributed by atoms with van der Waals surface area (Å²) in [5, 5.41) is 0. The molecule has 6 nitrogen and oxygen atoms in total. The molecule has 0 spiro atoms. The summed E-state index contributed by atoms with van der Waals surface area (Å²) in [5.74, 6) is 0.737. The second-order valence-corrected chi connectivity index (χ2v) is 7.58. The topological polar surface area (TPSA) is 75.7 Å². The van der Waals surface area contributed by atoms with E-state index in [0.29, 0.717) is 24.4 Å². The molecular weight excluding hydrogens is 340 g/mol. The van der Waals surface area contributed by atoms with E-state index in [1.165, 1.54) is 19.2 Å². The van der Waals surface area contributed by atoms with Gasteiger partial charge in [-0.05, 0) is 48.4 Å². The Hall–Kier alpha value is -2.54. The van der Waals surface area contributed by atoms with Gasteiger partial charge in [0.1, 0.15) is 5.75 Å². The van der Waals surface area contributed by atoms with Crippen molar-refractivity contribution in [2.24, 2.45) is 0 Å². The zero-order valence-electron chi connectivity index (χ0n) is 13.9.